The predicted molar refractivity (Wildman–Crippen MR) is 84.9 cm³/mol. The Morgan fingerprint density at radius 3 is 2.48 bits per heavy atom. The van der Waals surface area contributed by atoms with Gasteiger partial charge in [-0.05, 0) is 53.6 Å². The maximum Gasteiger partial charge on any atom is 0.118 e. The SMILES string of the molecule is COc1ccc(COCc2c(Cl)cccc2C2CC2)cc1. The van der Waals surface area contributed by atoms with Crippen LogP contribution >= 0.6 is 11.6 Å². The van der Waals surface area contributed by atoms with Crippen LogP contribution in [-0.4, -0.2) is 7.11 Å². The van der Waals surface area contributed by atoms with Crippen LogP contribution in [0.5, 0.6) is 5.75 Å². The number of ether oxygens (including phenoxy) is 2. The summed E-state index contributed by atoms with van der Waals surface area (Å²) in [6, 6.07) is 14.1. The molecule has 0 heterocycles. The molecule has 0 unspecified atom stereocenters. The fourth-order valence-corrected chi connectivity index (χ4v) is 2.73. The number of hydrogen-bond donors (Lipinski definition) is 0. The summed E-state index contributed by atoms with van der Waals surface area (Å²) in [7, 11) is 1.67. The van der Waals surface area contributed by atoms with Crippen LogP contribution in [0.4, 0.5) is 0 Å². The van der Waals surface area contributed by atoms with Crippen LogP contribution < -0.4 is 4.74 Å². The molecule has 3 rings (SSSR count). The molecule has 1 aliphatic carbocycles. The Morgan fingerprint density at radius 2 is 1.81 bits per heavy atom. The summed E-state index contributed by atoms with van der Waals surface area (Å²) in [5.74, 6) is 1.55. The third kappa shape index (κ3) is 3.58. The van der Waals surface area contributed by atoms with E-state index in [0.29, 0.717) is 19.1 Å². The van der Waals surface area contributed by atoms with Crippen molar-refractivity contribution in [2.24, 2.45) is 0 Å². The molecule has 0 aromatic heterocycles. The molecule has 3 heteroatoms. The van der Waals surface area contributed by atoms with Gasteiger partial charge in [-0.25, -0.2) is 0 Å². The highest BCUT2D eigenvalue weighted by molar-refractivity contribution is 6.31. The summed E-state index contributed by atoms with van der Waals surface area (Å²) in [6.45, 7) is 1.15. The largest absolute Gasteiger partial charge is 0.497 e. The lowest BCUT2D eigenvalue weighted by Gasteiger charge is -2.12. The van der Waals surface area contributed by atoms with E-state index in [1.165, 1.54) is 18.4 Å². The first-order valence-electron chi connectivity index (χ1n) is 7.26. The smallest absolute Gasteiger partial charge is 0.118 e. The quantitative estimate of drug-likeness (QED) is 0.752. The molecule has 0 N–H and O–H groups in total. The average Bonchev–Trinajstić information content (AvgIpc) is 3.34. The molecule has 0 radical (unpaired) electrons. The molecule has 2 aromatic carbocycles. The van der Waals surface area contributed by atoms with Gasteiger partial charge in [-0.15, -0.1) is 0 Å². The van der Waals surface area contributed by atoms with Crippen LogP contribution in [0.3, 0.4) is 0 Å². The van der Waals surface area contributed by atoms with Gasteiger partial charge in [0.25, 0.3) is 0 Å². The molecule has 0 bridgehead atoms. The molecule has 1 saturated carbocycles. The van der Waals surface area contributed by atoms with Crippen molar-refractivity contribution in [3.63, 3.8) is 0 Å². The van der Waals surface area contributed by atoms with E-state index in [-0.39, 0.29) is 0 Å². The average molecular weight is 303 g/mol. The van der Waals surface area contributed by atoms with E-state index < -0.39 is 0 Å². The van der Waals surface area contributed by atoms with E-state index in [9.17, 15) is 0 Å². The maximum absolute atomic E-state index is 6.33. The standard InChI is InChI=1S/C18H19ClO2/c1-20-15-9-5-13(6-10-15)11-21-12-17-16(14-7-8-14)3-2-4-18(17)19/h2-6,9-10,14H,7-8,11-12H2,1H3. The lowest BCUT2D eigenvalue weighted by molar-refractivity contribution is 0.106. The van der Waals surface area contributed by atoms with Gasteiger partial charge in [-0.1, -0.05) is 35.9 Å². The fourth-order valence-electron chi connectivity index (χ4n) is 2.50. The van der Waals surface area contributed by atoms with Crippen LogP contribution in [0.15, 0.2) is 42.5 Å². The molecule has 1 aliphatic rings. The fraction of sp³-hybridized carbons (Fsp3) is 0.333. The van der Waals surface area contributed by atoms with Crippen molar-refractivity contribution in [2.45, 2.75) is 32.0 Å². The molecule has 2 aromatic rings. The highest BCUT2D eigenvalue weighted by Crippen LogP contribution is 2.43. The van der Waals surface area contributed by atoms with Crippen molar-refractivity contribution >= 4 is 11.6 Å². The molecule has 0 spiro atoms. The molecule has 2 nitrogen and oxygen atoms in total. The first-order valence-corrected chi connectivity index (χ1v) is 7.63. The Bertz CT molecular complexity index is 603. The Balaban J connectivity index is 1.62. The first kappa shape index (κ1) is 14.4. The van der Waals surface area contributed by atoms with Crippen LogP contribution in [0.25, 0.3) is 0 Å². The number of benzene rings is 2. The molecule has 110 valence electrons. The molecular formula is C18H19ClO2. The van der Waals surface area contributed by atoms with Gasteiger partial charge in [0.2, 0.25) is 0 Å². The Hall–Kier alpha value is -1.51. The summed E-state index contributed by atoms with van der Waals surface area (Å²) in [6.07, 6.45) is 2.54. The maximum atomic E-state index is 6.33. The van der Waals surface area contributed by atoms with Crippen molar-refractivity contribution < 1.29 is 9.47 Å². The lowest BCUT2D eigenvalue weighted by atomic mass is 10.0. The monoisotopic (exact) mass is 302 g/mol. The van der Waals surface area contributed by atoms with E-state index in [4.69, 9.17) is 21.1 Å². The second-order valence-corrected chi connectivity index (χ2v) is 5.83. The summed E-state index contributed by atoms with van der Waals surface area (Å²) in [5.41, 5.74) is 3.64. The van der Waals surface area contributed by atoms with Gasteiger partial charge in [0.05, 0.1) is 20.3 Å². The number of halogens is 1. The van der Waals surface area contributed by atoms with Gasteiger partial charge < -0.3 is 9.47 Å². The molecule has 0 amide bonds. The zero-order valence-electron chi connectivity index (χ0n) is 12.1. The molecule has 21 heavy (non-hydrogen) atoms. The van der Waals surface area contributed by atoms with E-state index in [1.54, 1.807) is 7.11 Å². The first-order chi connectivity index (χ1) is 10.3. The van der Waals surface area contributed by atoms with Crippen molar-refractivity contribution in [1.82, 2.24) is 0 Å². The van der Waals surface area contributed by atoms with E-state index in [1.807, 2.05) is 36.4 Å². The third-order valence-corrected chi connectivity index (χ3v) is 4.20. The number of methoxy groups -OCH3 is 1. The normalized spacial score (nSPS) is 14.2. The molecular weight excluding hydrogens is 284 g/mol. The minimum atomic E-state index is 0.567. The van der Waals surface area contributed by atoms with E-state index in [0.717, 1.165) is 21.9 Å². The molecule has 1 fully saturated rings. The Kier molecular flexibility index (Phi) is 4.47. The highest BCUT2D eigenvalue weighted by atomic mass is 35.5. The van der Waals surface area contributed by atoms with E-state index >= 15 is 0 Å². The molecule has 0 atom stereocenters. The Morgan fingerprint density at radius 1 is 1.05 bits per heavy atom. The van der Waals surface area contributed by atoms with Crippen LogP contribution in [0, 0.1) is 0 Å². The second kappa shape index (κ2) is 6.50. The zero-order chi connectivity index (χ0) is 14.7. The predicted octanol–water partition coefficient (Wildman–Crippen LogP) is 4.94. The summed E-state index contributed by atoms with van der Waals surface area (Å²) in [5, 5.41) is 0.814. The third-order valence-electron chi connectivity index (χ3n) is 3.85. The van der Waals surface area contributed by atoms with Crippen molar-refractivity contribution in [3.05, 3.63) is 64.2 Å². The highest BCUT2D eigenvalue weighted by Gasteiger charge is 2.26. The van der Waals surface area contributed by atoms with Crippen molar-refractivity contribution in [3.8, 4) is 5.75 Å². The summed E-state index contributed by atoms with van der Waals surface area (Å²) < 4.78 is 11.0. The van der Waals surface area contributed by atoms with Crippen LogP contribution in [0.1, 0.15) is 35.4 Å². The van der Waals surface area contributed by atoms with Crippen molar-refractivity contribution in [2.75, 3.05) is 7.11 Å². The van der Waals surface area contributed by atoms with Gasteiger partial charge in [0.1, 0.15) is 5.75 Å². The minimum Gasteiger partial charge on any atom is -0.497 e. The number of rotatable bonds is 6. The zero-order valence-corrected chi connectivity index (χ0v) is 12.9. The summed E-state index contributed by atoms with van der Waals surface area (Å²) >= 11 is 6.33. The van der Waals surface area contributed by atoms with Gasteiger partial charge in [0.15, 0.2) is 0 Å². The topological polar surface area (TPSA) is 18.5 Å². The second-order valence-electron chi connectivity index (χ2n) is 5.42. The molecule has 0 saturated heterocycles. The molecule has 0 aliphatic heterocycles. The van der Waals surface area contributed by atoms with Gasteiger partial charge >= 0.3 is 0 Å². The number of hydrogen-bond acceptors (Lipinski definition) is 2. The van der Waals surface area contributed by atoms with Crippen molar-refractivity contribution in [1.29, 1.82) is 0 Å². The van der Waals surface area contributed by atoms with Crippen LogP contribution in [-0.2, 0) is 18.0 Å². The van der Waals surface area contributed by atoms with Gasteiger partial charge in [-0.3, -0.25) is 0 Å². The van der Waals surface area contributed by atoms with Crippen LogP contribution in [0.2, 0.25) is 5.02 Å². The van der Waals surface area contributed by atoms with E-state index in [2.05, 4.69) is 6.07 Å². The summed E-state index contributed by atoms with van der Waals surface area (Å²) in [4.78, 5) is 0. The van der Waals surface area contributed by atoms with Gasteiger partial charge in [-0.2, -0.15) is 0 Å². The Labute approximate surface area is 130 Å². The minimum absolute atomic E-state index is 0.567. The lowest BCUT2D eigenvalue weighted by Crippen LogP contribution is -1.99. The van der Waals surface area contributed by atoms with Gasteiger partial charge in [0, 0.05) is 5.02 Å².